The average Bonchev–Trinajstić information content (AvgIpc) is 2.74. The minimum atomic E-state index is -4.62. The number of aryl methyl sites for hydroxylation is 1. The number of carboxylic acids is 1. The number of aromatic carboxylic acids is 1. The van der Waals surface area contributed by atoms with Crippen LogP contribution in [0.1, 0.15) is 31.8 Å². The highest BCUT2D eigenvalue weighted by atomic mass is 19.4. The van der Waals surface area contributed by atoms with Crippen molar-refractivity contribution in [3.05, 3.63) is 88.7 Å². The number of amides is 1. The predicted octanol–water partition coefficient (Wildman–Crippen LogP) is 5.61. The number of carboxylic acid groups (broad SMARTS) is 1. The predicted molar refractivity (Wildman–Crippen MR) is 110 cm³/mol. The number of fused-ring (bicyclic) bond motifs is 1. The molecular formula is C23H16F4N2O3. The molecule has 1 heterocycles. The Labute approximate surface area is 180 Å². The fourth-order valence-electron chi connectivity index (χ4n) is 3.67. The molecule has 0 unspecified atom stereocenters. The zero-order valence-electron chi connectivity index (χ0n) is 16.7. The number of halogens is 4. The van der Waals surface area contributed by atoms with E-state index in [0.717, 1.165) is 18.2 Å². The second kappa shape index (κ2) is 7.67. The standard InChI is InChI=1S/C23H16F4N2O3/c1-13-9-16(24)6-8-19(13)29-12-28(17-4-2-3-14(10-17)22(31)32)21(30)18-7-5-15(11-20(18)29)23(25,26)27/h2-11H,12H2,1H3,(H,31,32). The lowest BCUT2D eigenvalue weighted by Crippen LogP contribution is -2.45. The third-order valence-corrected chi connectivity index (χ3v) is 5.23. The van der Waals surface area contributed by atoms with Crippen molar-refractivity contribution >= 4 is 28.9 Å². The van der Waals surface area contributed by atoms with Gasteiger partial charge in [-0.1, -0.05) is 6.07 Å². The molecule has 0 bridgehead atoms. The molecule has 1 N–H and O–H groups in total. The fourth-order valence-corrected chi connectivity index (χ4v) is 3.67. The normalized spacial score (nSPS) is 13.8. The van der Waals surface area contributed by atoms with E-state index in [-0.39, 0.29) is 29.2 Å². The van der Waals surface area contributed by atoms with E-state index in [1.807, 2.05) is 0 Å². The zero-order valence-corrected chi connectivity index (χ0v) is 16.7. The number of alkyl halides is 3. The Hall–Kier alpha value is -3.88. The molecule has 0 radical (unpaired) electrons. The lowest BCUT2D eigenvalue weighted by molar-refractivity contribution is -0.137. The van der Waals surface area contributed by atoms with Gasteiger partial charge in [0.05, 0.1) is 22.4 Å². The molecule has 1 aliphatic heterocycles. The van der Waals surface area contributed by atoms with Crippen molar-refractivity contribution in [1.29, 1.82) is 0 Å². The van der Waals surface area contributed by atoms with Crippen molar-refractivity contribution in [3.8, 4) is 0 Å². The van der Waals surface area contributed by atoms with Crippen molar-refractivity contribution in [2.24, 2.45) is 0 Å². The number of carbonyl (C=O) groups excluding carboxylic acids is 1. The molecule has 0 fully saturated rings. The second-order valence-electron chi connectivity index (χ2n) is 7.32. The molecule has 4 rings (SSSR count). The van der Waals surface area contributed by atoms with Crippen LogP contribution in [0.4, 0.5) is 34.6 Å². The summed E-state index contributed by atoms with van der Waals surface area (Å²) in [5.74, 6) is -2.26. The maximum absolute atomic E-state index is 13.7. The van der Waals surface area contributed by atoms with Crippen LogP contribution in [0.2, 0.25) is 0 Å². The van der Waals surface area contributed by atoms with E-state index in [2.05, 4.69) is 0 Å². The molecule has 164 valence electrons. The van der Waals surface area contributed by atoms with E-state index in [4.69, 9.17) is 0 Å². The van der Waals surface area contributed by atoms with Gasteiger partial charge in [-0.15, -0.1) is 0 Å². The summed E-state index contributed by atoms with van der Waals surface area (Å²) in [6.45, 7) is 1.42. The van der Waals surface area contributed by atoms with Gasteiger partial charge < -0.3 is 10.0 Å². The summed E-state index contributed by atoms with van der Waals surface area (Å²) < 4.78 is 53.7. The summed E-state index contributed by atoms with van der Waals surface area (Å²) in [6, 6.07) is 12.4. The molecule has 5 nitrogen and oxygen atoms in total. The third-order valence-electron chi connectivity index (χ3n) is 5.23. The molecule has 0 saturated carbocycles. The summed E-state index contributed by atoms with van der Waals surface area (Å²) in [4.78, 5) is 27.3. The van der Waals surface area contributed by atoms with E-state index in [1.165, 1.54) is 52.3 Å². The Bertz CT molecular complexity index is 1240. The highest BCUT2D eigenvalue weighted by Gasteiger charge is 2.36. The maximum Gasteiger partial charge on any atom is 0.416 e. The molecule has 0 atom stereocenters. The largest absolute Gasteiger partial charge is 0.478 e. The Kier molecular flexibility index (Phi) is 5.12. The summed E-state index contributed by atoms with van der Waals surface area (Å²) >= 11 is 0. The third kappa shape index (κ3) is 3.77. The quantitative estimate of drug-likeness (QED) is 0.534. The number of nitrogens with zero attached hydrogens (tertiary/aromatic N) is 2. The fraction of sp³-hybridized carbons (Fsp3) is 0.130. The van der Waals surface area contributed by atoms with Gasteiger partial charge in [0.2, 0.25) is 0 Å². The van der Waals surface area contributed by atoms with Crippen molar-refractivity contribution in [3.63, 3.8) is 0 Å². The number of carbonyl (C=O) groups is 2. The molecule has 9 heteroatoms. The molecule has 0 aliphatic carbocycles. The van der Waals surface area contributed by atoms with E-state index in [9.17, 15) is 32.3 Å². The van der Waals surface area contributed by atoms with Gasteiger partial charge in [-0.2, -0.15) is 13.2 Å². The monoisotopic (exact) mass is 444 g/mol. The van der Waals surface area contributed by atoms with Gasteiger partial charge in [0.25, 0.3) is 5.91 Å². The number of hydrogen-bond donors (Lipinski definition) is 1. The topological polar surface area (TPSA) is 60.9 Å². The van der Waals surface area contributed by atoms with Gasteiger partial charge >= 0.3 is 12.1 Å². The van der Waals surface area contributed by atoms with Crippen LogP contribution in [-0.2, 0) is 6.18 Å². The first-order valence-electron chi connectivity index (χ1n) is 9.46. The first kappa shape index (κ1) is 21.4. The number of rotatable bonds is 3. The Balaban J connectivity index is 1.90. The second-order valence-corrected chi connectivity index (χ2v) is 7.32. The van der Waals surface area contributed by atoms with Gasteiger partial charge in [0.1, 0.15) is 12.5 Å². The lowest BCUT2D eigenvalue weighted by Gasteiger charge is -2.39. The van der Waals surface area contributed by atoms with Gasteiger partial charge in [-0.25, -0.2) is 9.18 Å². The maximum atomic E-state index is 13.7. The molecule has 3 aromatic rings. The van der Waals surface area contributed by atoms with Crippen LogP contribution >= 0.6 is 0 Å². The van der Waals surface area contributed by atoms with E-state index < -0.39 is 29.4 Å². The minimum Gasteiger partial charge on any atom is -0.478 e. The SMILES string of the molecule is Cc1cc(F)ccc1N1CN(c2cccc(C(=O)O)c2)C(=O)c2ccc(C(F)(F)F)cc21. The summed E-state index contributed by atoms with van der Waals surface area (Å²) in [6.07, 6.45) is -4.62. The van der Waals surface area contributed by atoms with Gasteiger partial charge in [0.15, 0.2) is 0 Å². The molecule has 1 amide bonds. The van der Waals surface area contributed by atoms with Gasteiger partial charge in [-0.3, -0.25) is 9.69 Å². The van der Waals surface area contributed by atoms with Crippen LogP contribution in [0.3, 0.4) is 0 Å². The smallest absolute Gasteiger partial charge is 0.416 e. The summed E-state index contributed by atoms with van der Waals surface area (Å²) in [5, 5.41) is 9.27. The van der Waals surface area contributed by atoms with E-state index in [0.29, 0.717) is 11.3 Å². The summed E-state index contributed by atoms with van der Waals surface area (Å²) in [7, 11) is 0. The number of benzene rings is 3. The lowest BCUT2D eigenvalue weighted by atomic mass is 10.0. The van der Waals surface area contributed by atoms with Crippen LogP contribution in [0.15, 0.2) is 60.7 Å². The van der Waals surface area contributed by atoms with Crippen molar-refractivity contribution in [2.75, 3.05) is 16.5 Å². The molecular weight excluding hydrogens is 428 g/mol. The van der Waals surface area contributed by atoms with Crippen molar-refractivity contribution in [1.82, 2.24) is 0 Å². The van der Waals surface area contributed by atoms with Crippen molar-refractivity contribution in [2.45, 2.75) is 13.1 Å². The van der Waals surface area contributed by atoms with E-state index in [1.54, 1.807) is 6.92 Å². The molecule has 0 aromatic heterocycles. The Morgan fingerprint density at radius 1 is 0.969 bits per heavy atom. The highest BCUT2D eigenvalue weighted by molar-refractivity contribution is 6.13. The first-order chi connectivity index (χ1) is 15.1. The van der Waals surface area contributed by atoms with Crippen LogP contribution in [0, 0.1) is 12.7 Å². The molecule has 0 saturated heterocycles. The van der Waals surface area contributed by atoms with Crippen LogP contribution in [0.25, 0.3) is 0 Å². The highest BCUT2D eigenvalue weighted by Crippen LogP contribution is 2.40. The first-order valence-corrected chi connectivity index (χ1v) is 9.46. The van der Waals surface area contributed by atoms with Crippen LogP contribution < -0.4 is 9.80 Å². The minimum absolute atomic E-state index is 0.00806. The Morgan fingerprint density at radius 2 is 1.72 bits per heavy atom. The number of hydrogen-bond acceptors (Lipinski definition) is 3. The van der Waals surface area contributed by atoms with Gasteiger partial charge in [-0.05, 0) is 67.1 Å². The zero-order chi connectivity index (χ0) is 23.2. The Morgan fingerprint density at radius 3 is 2.38 bits per heavy atom. The van der Waals surface area contributed by atoms with Crippen molar-refractivity contribution < 1.29 is 32.3 Å². The molecule has 1 aliphatic rings. The number of anilines is 3. The van der Waals surface area contributed by atoms with E-state index >= 15 is 0 Å². The molecule has 3 aromatic carbocycles. The van der Waals surface area contributed by atoms with Gasteiger partial charge in [0, 0.05) is 11.4 Å². The summed E-state index contributed by atoms with van der Waals surface area (Å²) in [5.41, 5.74) is 0.220. The van der Waals surface area contributed by atoms with Crippen LogP contribution in [0.5, 0.6) is 0 Å². The van der Waals surface area contributed by atoms with Crippen LogP contribution in [-0.4, -0.2) is 23.7 Å². The molecule has 0 spiro atoms. The average molecular weight is 444 g/mol. The molecule has 32 heavy (non-hydrogen) atoms.